The van der Waals surface area contributed by atoms with E-state index in [-0.39, 0.29) is 0 Å². The molecule has 33 heavy (non-hydrogen) atoms. The third kappa shape index (κ3) is 5.92. The lowest BCUT2D eigenvalue weighted by Gasteiger charge is -2.40. The maximum Gasteiger partial charge on any atom is 0.396 e. The molecule has 0 unspecified atom stereocenters. The topological polar surface area (TPSA) is 68.2 Å². The fourth-order valence-corrected chi connectivity index (χ4v) is 16.4. The minimum atomic E-state index is -3.78. The first-order valence-electron chi connectivity index (χ1n) is 10.2. The van der Waals surface area contributed by atoms with Crippen molar-refractivity contribution < 1.29 is 21.9 Å². The highest BCUT2D eigenvalue weighted by atomic mass is 28.5. The molecule has 2 N–H and O–H groups in total. The van der Waals surface area contributed by atoms with Gasteiger partial charge in [0.15, 0.2) is 0 Å². The quantitative estimate of drug-likeness (QED) is 0.383. The fraction of sp³-hybridized carbons (Fsp3) is 0. The normalized spacial score (nSPS) is 12.4. The Morgan fingerprint density at radius 1 is 0.515 bits per heavy atom. The van der Waals surface area contributed by atoms with Gasteiger partial charge in [0, 0.05) is 0 Å². The van der Waals surface area contributed by atoms with Crippen LogP contribution in [0.1, 0.15) is 0 Å². The van der Waals surface area contributed by atoms with Gasteiger partial charge in [-0.2, -0.15) is 0 Å². The third-order valence-corrected chi connectivity index (χ3v) is 18.3. The van der Waals surface area contributed by atoms with Crippen molar-refractivity contribution in [2.45, 2.75) is 0 Å². The number of hydrogen-bond acceptors (Lipinski definition) is 5. The minimum Gasteiger partial charge on any atom is -0.405 e. The molecule has 0 atom stereocenters. The monoisotopic (exact) mass is 510 g/mol. The van der Waals surface area contributed by atoms with Gasteiger partial charge in [0.05, 0.1) is 0 Å². The molecule has 0 aromatic heterocycles. The molecule has 0 spiro atoms. The van der Waals surface area contributed by atoms with Crippen LogP contribution >= 0.6 is 0 Å². The van der Waals surface area contributed by atoms with Crippen LogP contribution in [0.25, 0.3) is 0 Å². The Kier molecular flexibility index (Phi) is 9.02. The zero-order valence-electron chi connectivity index (χ0n) is 18.6. The number of rotatable bonds is 14. The molecule has 0 aliphatic rings. The highest BCUT2D eigenvalue weighted by molar-refractivity contribution is 7.02. The third-order valence-electron chi connectivity index (χ3n) is 5.00. The molecule has 2 aromatic rings. The highest BCUT2D eigenvalue weighted by Gasteiger charge is 2.52. The Bertz CT molecular complexity index is 947. The first kappa shape index (κ1) is 26.8. The van der Waals surface area contributed by atoms with Crippen LogP contribution in [-0.4, -0.2) is 43.8 Å². The van der Waals surface area contributed by atoms with Gasteiger partial charge in [0.25, 0.3) is 0 Å². The largest absolute Gasteiger partial charge is 0.405 e. The van der Waals surface area contributed by atoms with E-state index in [2.05, 4.69) is 39.5 Å². The summed E-state index contributed by atoms with van der Waals surface area (Å²) in [7, 11) is -14.4. The molecule has 0 aliphatic heterocycles. The summed E-state index contributed by atoms with van der Waals surface area (Å²) in [5.74, 6) is 0. The summed E-state index contributed by atoms with van der Waals surface area (Å²) in [4.78, 5) is 22.8. The Morgan fingerprint density at radius 2 is 0.879 bits per heavy atom. The van der Waals surface area contributed by atoms with Gasteiger partial charge >= 0.3 is 34.2 Å². The van der Waals surface area contributed by atoms with Crippen LogP contribution in [0.15, 0.2) is 134 Å². The van der Waals surface area contributed by atoms with Gasteiger partial charge in [-0.05, 0) is 44.6 Å². The average molecular weight is 511 g/mol. The lowest BCUT2D eigenvalue weighted by molar-refractivity contribution is 0.302. The second-order valence-corrected chi connectivity index (χ2v) is 18.8. The predicted molar refractivity (Wildman–Crippen MR) is 144 cm³/mol. The van der Waals surface area contributed by atoms with E-state index < -0.39 is 34.2 Å². The lowest BCUT2D eigenvalue weighted by Crippen LogP contribution is -2.68. The predicted octanol–water partition coefficient (Wildman–Crippen LogP) is 2.96. The van der Waals surface area contributed by atoms with Crippen molar-refractivity contribution in [2.75, 3.05) is 0 Å². The molecule has 0 radical (unpaired) electrons. The molecule has 2 aromatic carbocycles. The van der Waals surface area contributed by atoms with Crippen LogP contribution in [0.4, 0.5) is 0 Å². The standard InChI is InChI=1S/C24H30O5Si4/c1-7-30(25,8-2)27-31(9-3,10-4)28-32(11-5,12-6)29-33(26,23-19-15-13-16-20-23)24-21-17-14-18-22-24/h7-22,25-26H,1-6H2. The second kappa shape index (κ2) is 11.1. The van der Waals surface area contributed by atoms with E-state index in [0.717, 1.165) is 0 Å². The van der Waals surface area contributed by atoms with Gasteiger partial charge in [0.1, 0.15) is 0 Å². The van der Waals surface area contributed by atoms with Crippen molar-refractivity contribution in [1.29, 1.82) is 0 Å². The van der Waals surface area contributed by atoms with Crippen LogP contribution in [0.2, 0.25) is 0 Å². The van der Waals surface area contributed by atoms with E-state index >= 15 is 0 Å². The molecular formula is C24H30O5Si4. The van der Waals surface area contributed by atoms with E-state index in [1.54, 1.807) is 0 Å². The van der Waals surface area contributed by atoms with E-state index in [9.17, 15) is 9.59 Å². The van der Waals surface area contributed by atoms with Crippen molar-refractivity contribution in [3.63, 3.8) is 0 Å². The van der Waals surface area contributed by atoms with Crippen LogP contribution in [0, 0.1) is 0 Å². The van der Waals surface area contributed by atoms with Gasteiger partial charge in [0.2, 0.25) is 0 Å². The summed E-state index contributed by atoms with van der Waals surface area (Å²) in [5.41, 5.74) is 8.64. The molecule has 0 aliphatic carbocycles. The van der Waals surface area contributed by atoms with Gasteiger partial charge in [-0.3, -0.25) is 0 Å². The van der Waals surface area contributed by atoms with E-state index in [1.165, 1.54) is 34.2 Å². The molecular weight excluding hydrogens is 481 g/mol. The summed E-state index contributed by atoms with van der Waals surface area (Å²) in [6, 6.07) is 18.3. The zero-order valence-corrected chi connectivity index (χ0v) is 22.6. The Hall–Kier alpha value is -2.45. The Labute approximate surface area is 200 Å². The Balaban J connectivity index is 2.62. The van der Waals surface area contributed by atoms with E-state index in [4.69, 9.17) is 12.3 Å². The van der Waals surface area contributed by atoms with Crippen molar-refractivity contribution in [2.24, 2.45) is 0 Å². The lowest BCUT2D eigenvalue weighted by atomic mass is 10.4. The highest BCUT2D eigenvalue weighted by Crippen LogP contribution is 2.26. The van der Waals surface area contributed by atoms with Gasteiger partial charge in [-0.15, -0.1) is 39.5 Å². The van der Waals surface area contributed by atoms with Crippen LogP contribution in [0.3, 0.4) is 0 Å². The van der Waals surface area contributed by atoms with Gasteiger partial charge in [-0.25, -0.2) is 0 Å². The molecule has 0 fully saturated rings. The smallest absolute Gasteiger partial charge is 0.396 e. The van der Waals surface area contributed by atoms with Gasteiger partial charge < -0.3 is 21.9 Å². The molecule has 0 heterocycles. The van der Waals surface area contributed by atoms with Crippen LogP contribution < -0.4 is 10.4 Å². The molecule has 172 valence electrons. The SMILES string of the molecule is C=C[Si](O)(C=C)O[Si](C=C)(C=C)O[Si](C=C)(C=C)O[Si](O)(c1ccccc1)c1ccccc1. The molecule has 5 nitrogen and oxygen atoms in total. The summed E-state index contributed by atoms with van der Waals surface area (Å²) < 4.78 is 19.1. The summed E-state index contributed by atoms with van der Waals surface area (Å²) in [6.45, 7) is 22.9. The maximum absolute atomic E-state index is 12.0. The van der Waals surface area contributed by atoms with Crippen LogP contribution in [0.5, 0.6) is 0 Å². The van der Waals surface area contributed by atoms with E-state index in [0.29, 0.717) is 10.4 Å². The minimum absolute atomic E-state index is 0.633. The average Bonchev–Trinajstić information content (AvgIpc) is 2.88. The molecule has 0 saturated heterocycles. The fourth-order valence-electron chi connectivity index (χ4n) is 3.06. The summed E-state index contributed by atoms with van der Waals surface area (Å²) in [6.07, 6.45) is 0. The number of benzene rings is 2. The van der Waals surface area contributed by atoms with Crippen molar-refractivity contribution in [3.8, 4) is 0 Å². The van der Waals surface area contributed by atoms with Crippen molar-refractivity contribution in [3.05, 3.63) is 134 Å². The van der Waals surface area contributed by atoms with Crippen molar-refractivity contribution >= 4 is 44.6 Å². The second-order valence-electron chi connectivity index (χ2n) is 7.10. The Morgan fingerprint density at radius 3 is 1.21 bits per heavy atom. The van der Waals surface area contributed by atoms with Gasteiger partial charge in [-0.1, -0.05) is 60.7 Å². The van der Waals surface area contributed by atoms with Crippen molar-refractivity contribution in [1.82, 2.24) is 0 Å². The first-order valence-corrected chi connectivity index (χ1v) is 18.0. The van der Waals surface area contributed by atoms with E-state index in [1.807, 2.05) is 60.7 Å². The summed E-state index contributed by atoms with van der Waals surface area (Å²) >= 11 is 0. The molecule has 0 amide bonds. The maximum atomic E-state index is 12.0. The number of hydrogen-bond donors (Lipinski definition) is 2. The molecule has 2 rings (SSSR count). The zero-order chi connectivity index (χ0) is 24.6. The molecule has 9 heteroatoms. The summed E-state index contributed by atoms with van der Waals surface area (Å²) in [5, 5.41) is 1.27. The molecule has 0 bridgehead atoms. The first-order chi connectivity index (χ1) is 15.7. The molecule has 0 saturated carbocycles. The van der Waals surface area contributed by atoms with Crippen LogP contribution in [-0.2, 0) is 12.3 Å².